The first-order chi connectivity index (χ1) is 12.0. The molecule has 0 saturated carbocycles. The van der Waals surface area contributed by atoms with E-state index in [4.69, 9.17) is 11.6 Å². The number of piperidine rings is 1. The van der Waals surface area contributed by atoms with Crippen LogP contribution in [0.2, 0.25) is 5.02 Å². The molecule has 2 rings (SSSR count). The molecular weight excluding hydrogens is 338 g/mol. The first kappa shape index (κ1) is 19.6. The number of nitrogens with zero attached hydrogens (tertiary/aromatic N) is 1. The van der Waals surface area contributed by atoms with Gasteiger partial charge in [0, 0.05) is 37.3 Å². The summed E-state index contributed by atoms with van der Waals surface area (Å²) in [7, 11) is 0. The molecule has 1 fully saturated rings. The van der Waals surface area contributed by atoms with E-state index in [1.54, 1.807) is 19.1 Å². The summed E-state index contributed by atoms with van der Waals surface area (Å²) in [5.41, 5.74) is 0.773. The van der Waals surface area contributed by atoms with Crippen LogP contribution in [0.25, 0.3) is 0 Å². The number of rotatable bonds is 7. The second-order valence-electron chi connectivity index (χ2n) is 6.72. The zero-order chi connectivity index (χ0) is 18.1. The lowest BCUT2D eigenvalue weighted by atomic mass is 9.92. The van der Waals surface area contributed by atoms with Crippen molar-refractivity contribution in [2.24, 2.45) is 5.92 Å². The SMILES string of the molecule is CC(=O)NCCCCCC1CCCN(C(=O)Nc2ccc(Cl)cc2)C1. The number of carbonyl (C=O) groups is 2. The van der Waals surface area contributed by atoms with E-state index in [-0.39, 0.29) is 11.9 Å². The minimum Gasteiger partial charge on any atom is -0.356 e. The summed E-state index contributed by atoms with van der Waals surface area (Å²) < 4.78 is 0. The fourth-order valence-electron chi connectivity index (χ4n) is 3.22. The zero-order valence-electron chi connectivity index (χ0n) is 14.9. The molecule has 1 aliphatic rings. The fraction of sp³-hybridized carbons (Fsp3) is 0.579. The van der Waals surface area contributed by atoms with Crippen molar-refractivity contribution in [3.63, 3.8) is 0 Å². The van der Waals surface area contributed by atoms with Crippen molar-refractivity contribution in [1.82, 2.24) is 10.2 Å². The Morgan fingerprint density at radius 2 is 1.96 bits per heavy atom. The monoisotopic (exact) mass is 365 g/mol. The Kier molecular flexibility index (Phi) is 8.06. The minimum atomic E-state index is -0.0299. The highest BCUT2D eigenvalue weighted by Gasteiger charge is 2.23. The summed E-state index contributed by atoms with van der Waals surface area (Å²) in [6.45, 7) is 3.95. The third-order valence-electron chi connectivity index (χ3n) is 4.56. The average Bonchev–Trinajstić information content (AvgIpc) is 2.60. The Balaban J connectivity index is 1.68. The van der Waals surface area contributed by atoms with Gasteiger partial charge in [0.05, 0.1) is 0 Å². The number of amides is 3. The van der Waals surface area contributed by atoms with Crippen LogP contribution in [0, 0.1) is 5.92 Å². The van der Waals surface area contributed by atoms with Crippen LogP contribution in [0.4, 0.5) is 10.5 Å². The molecule has 6 heteroatoms. The van der Waals surface area contributed by atoms with Gasteiger partial charge >= 0.3 is 6.03 Å². The van der Waals surface area contributed by atoms with Gasteiger partial charge < -0.3 is 15.5 Å². The Morgan fingerprint density at radius 1 is 1.20 bits per heavy atom. The van der Waals surface area contributed by atoms with Crippen molar-refractivity contribution in [1.29, 1.82) is 0 Å². The molecule has 0 spiro atoms. The maximum Gasteiger partial charge on any atom is 0.321 e. The van der Waals surface area contributed by atoms with Gasteiger partial charge in [0.2, 0.25) is 5.91 Å². The van der Waals surface area contributed by atoms with Crippen LogP contribution in [-0.2, 0) is 4.79 Å². The maximum atomic E-state index is 12.4. The Bertz CT molecular complexity index is 562. The topological polar surface area (TPSA) is 61.4 Å². The zero-order valence-corrected chi connectivity index (χ0v) is 15.6. The van der Waals surface area contributed by atoms with E-state index in [1.807, 2.05) is 17.0 Å². The van der Waals surface area contributed by atoms with E-state index in [0.29, 0.717) is 10.9 Å². The van der Waals surface area contributed by atoms with Crippen LogP contribution >= 0.6 is 11.6 Å². The van der Waals surface area contributed by atoms with Crippen molar-refractivity contribution in [3.05, 3.63) is 29.3 Å². The largest absolute Gasteiger partial charge is 0.356 e. The lowest BCUT2D eigenvalue weighted by molar-refractivity contribution is -0.118. The summed E-state index contributed by atoms with van der Waals surface area (Å²) in [6, 6.07) is 7.15. The van der Waals surface area contributed by atoms with Crippen LogP contribution < -0.4 is 10.6 Å². The van der Waals surface area contributed by atoms with Crippen LogP contribution in [0.1, 0.15) is 45.4 Å². The minimum absolute atomic E-state index is 0.0299. The number of hydrogen-bond acceptors (Lipinski definition) is 2. The van der Waals surface area contributed by atoms with E-state index in [1.165, 1.54) is 6.42 Å². The molecule has 1 atom stereocenters. The lowest BCUT2D eigenvalue weighted by Gasteiger charge is -2.33. The Hall–Kier alpha value is -1.75. The molecule has 138 valence electrons. The van der Waals surface area contributed by atoms with Crippen LogP contribution in [0.15, 0.2) is 24.3 Å². The summed E-state index contributed by atoms with van der Waals surface area (Å²) in [6.07, 6.45) is 6.68. The van der Waals surface area contributed by atoms with Crippen LogP contribution in [-0.4, -0.2) is 36.5 Å². The van der Waals surface area contributed by atoms with Gasteiger partial charge in [0.25, 0.3) is 0 Å². The van der Waals surface area contributed by atoms with Crippen molar-refractivity contribution in [2.75, 3.05) is 25.0 Å². The Morgan fingerprint density at radius 3 is 2.68 bits per heavy atom. The molecule has 1 aliphatic heterocycles. The highest BCUT2D eigenvalue weighted by Crippen LogP contribution is 2.23. The molecule has 25 heavy (non-hydrogen) atoms. The lowest BCUT2D eigenvalue weighted by Crippen LogP contribution is -2.42. The van der Waals surface area contributed by atoms with Crippen molar-refractivity contribution >= 4 is 29.2 Å². The molecule has 0 aromatic heterocycles. The molecule has 3 amide bonds. The summed E-state index contributed by atoms with van der Waals surface area (Å²) in [5.74, 6) is 0.611. The van der Waals surface area contributed by atoms with Gasteiger partial charge in [-0.25, -0.2) is 4.79 Å². The summed E-state index contributed by atoms with van der Waals surface area (Å²) in [4.78, 5) is 25.1. The van der Waals surface area contributed by atoms with E-state index in [2.05, 4.69) is 10.6 Å². The molecule has 1 saturated heterocycles. The third-order valence-corrected chi connectivity index (χ3v) is 4.82. The van der Waals surface area contributed by atoms with Gasteiger partial charge in [-0.1, -0.05) is 24.4 Å². The van der Waals surface area contributed by atoms with Gasteiger partial charge in [0.1, 0.15) is 0 Å². The van der Waals surface area contributed by atoms with E-state index in [9.17, 15) is 9.59 Å². The fourth-order valence-corrected chi connectivity index (χ4v) is 3.35. The average molecular weight is 366 g/mol. The molecule has 1 aromatic rings. The molecule has 0 aliphatic carbocycles. The number of carbonyl (C=O) groups excluding carboxylic acids is 2. The number of benzene rings is 1. The second kappa shape index (κ2) is 10.3. The number of nitrogens with one attached hydrogen (secondary N) is 2. The van der Waals surface area contributed by atoms with E-state index in [0.717, 1.165) is 57.4 Å². The molecular formula is C19H28ClN3O2. The van der Waals surface area contributed by atoms with Crippen LogP contribution in [0.5, 0.6) is 0 Å². The number of hydrogen-bond donors (Lipinski definition) is 2. The normalized spacial score (nSPS) is 17.2. The standard InChI is InChI=1S/C19H28ClN3O2/c1-15(24)21-12-4-2-3-6-16-7-5-13-23(14-16)19(25)22-18-10-8-17(20)9-11-18/h8-11,16H,2-7,12-14H2,1H3,(H,21,24)(H,22,25). The van der Waals surface area contributed by atoms with Crippen molar-refractivity contribution < 1.29 is 9.59 Å². The van der Waals surface area contributed by atoms with Gasteiger partial charge in [-0.2, -0.15) is 0 Å². The molecule has 1 unspecified atom stereocenters. The predicted molar refractivity (Wildman–Crippen MR) is 102 cm³/mol. The maximum absolute atomic E-state index is 12.4. The highest BCUT2D eigenvalue weighted by molar-refractivity contribution is 6.30. The molecule has 0 bridgehead atoms. The van der Waals surface area contributed by atoms with E-state index < -0.39 is 0 Å². The molecule has 1 heterocycles. The van der Waals surface area contributed by atoms with Gasteiger partial charge in [0.15, 0.2) is 0 Å². The van der Waals surface area contributed by atoms with Gasteiger partial charge in [-0.15, -0.1) is 0 Å². The number of anilines is 1. The van der Waals surface area contributed by atoms with Gasteiger partial charge in [-0.05, 0) is 55.9 Å². The number of unbranched alkanes of at least 4 members (excludes halogenated alkanes) is 2. The van der Waals surface area contributed by atoms with E-state index >= 15 is 0 Å². The molecule has 2 N–H and O–H groups in total. The molecule has 5 nitrogen and oxygen atoms in total. The molecule has 0 radical (unpaired) electrons. The second-order valence-corrected chi connectivity index (χ2v) is 7.16. The van der Waals surface area contributed by atoms with Crippen LogP contribution in [0.3, 0.4) is 0 Å². The number of likely N-dealkylation sites (tertiary alicyclic amines) is 1. The van der Waals surface area contributed by atoms with Crippen molar-refractivity contribution in [2.45, 2.75) is 45.4 Å². The third kappa shape index (κ3) is 7.34. The smallest absolute Gasteiger partial charge is 0.321 e. The highest BCUT2D eigenvalue weighted by atomic mass is 35.5. The van der Waals surface area contributed by atoms with Gasteiger partial charge in [-0.3, -0.25) is 4.79 Å². The van der Waals surface area contributed by atoms with Crippen molar-refractivity contribution in [3.8, 4) is 0 Å². The first-order valence-corrected chi connectivity index (χ1v) is 9.48. The number of urea groups is 1. The predicted octanol–water partition coefficient (Wildman–Crippen LogP) is 4.28. The summed E-state index contributed by atoms with van der Waals surface area (Å²) >= 11 is 5.87. The quantitative estimate of drug-likeness (QED) is 0.708. The number of halogens is 1. The summed E-state index contributed by atoms with van der Waals surface area (Å²) in [5, 5.41) is 6.43. The first-order valence-electron chi connectivity index (χ1n) is 9.10. The Labute approximate surface area is 155 Å². The molecule has 1 aromatic carbocycles.